The van der Waals surface area contributed by atoms with Crippen molar-refractivity contribution in [2.45, 2.75) is 4.90 Å². The monoisotopic (exact) mass is 244 g/mol. The molecule has 0 amide bonds. The first-order valence-electron chi connectivity index (χ1n) is 4.06. The van der Waals surface area contributed by atoms with Crippen molar-refractivity contribution in [2.75, 3.05) is 6.61 Å². The Morgan fingerprint density at radius 1 is 1.40 bits per heavy atom. The van der Waals surface area contributed by atoms with E-state index >= 15 is 0 Å². The van der Waals surface area contributed by atoms with Crippen molar-refractivity contribution < 1.29 is 13.2 Å². The average Bonchev–Trinajstić information content (AvgIpc) is 2.18. The fraction of sp³-hybridized carbons (Fsp3) is 0.100. The molecule has 0 aliphatic rings. The fourth-order valence-corrected chi connectivity index (χ4v) is 1.67. The van der Waals surface area contributed by atoms with E-state index in [0.717, 1.165) is 0 Å². The molecule has 5 heteroatoms. The molecule has 1 aromatic carbocycles. The molecule has 0 saturated carbocycles. The van der Waals surface area contributed by atoms with E-state index in [-0.39, 0.29) is 4.90 Å². The van der Waals surface area contributed by atoms with Crippen LogP contribution < -0.4 is 4.74 Å². The van der Waals surface area contributed by atoms with Crippen molar-refractivity contribution in [3.05, 3.63) is 42.7 Å². The summed E-state index contributed by atoms with van der Waals surface area (Å²) in [5.74, 6) is 0.561. The molecule has 15 heavy (non-hydrogen) atoms. The van der Waals surface area contributed by atoms with Crippen LogP contribution in [0.15, 0.2) is 47.5 Å². The molecule has 0 fully saturated rings. The minimum atomic E-state index is -3.66. The Labute approximate surface area is 93.1 Å². The number of halogens is 1. The summed E-state index contributed by atoms with van der Waals surface area (Å²) in [4.78, 5) is 0.0516. The number of hydrogen-bond donors (Lipinski definition) is 0. The second kappa shape index (κ2) is 5.03. The topological polar surface area (TPSA) is 43.4 Å². The minimum absolute atomic E-state index is 0.0516. The predicted molar refractivity (Wildman–Crippen MR) is 58.7 cm³/mol. The first-order valence-corrected chi connectivity index (χ1v) is 6.37. The second-order valence-corrected chi connectivity index (χ2v) is 5.19. The third kappa shape index (κ3) is 3.80. The standard InChI is InChI=1S/C10H9ClO3S/c1-2-3-8-14-9-4-6-10(7-5-9)15(11,12)13/h3-7H,1,8H2. The molecule has 0 spiro atoms. The van der Waals surface area contributed by atoms with Gasteiger partial charge >= 0.3 is 0 Å². The zero-order valence-corrected chi connectivity index (χ0v) is 9.38. The third-order valence-electron chi connectivity index (χ3n) is 1.58. The Kier molecular flexibility index (Phi) is 3.97. The van der Waals surface area contributed by atoms with Crippen LogP contribution in [0.2, 0.25) is 0 Å². The molecule has 1 rings (SSSR count). The van der Waals surface area contributed by atoms with Crippen LogP contribution in [0.1, 0.15) is 0 Å². The summed E-state index contributed by atoms with van der Waals surface area (Å²) in [5.41, 5.74) is 2.56. The molecule has 0 unspecified atom stereocenters. The molecule has 0 N–H and O–H groups in total. The van der Waals surface area contributed by atoms with E-state index in [1.54, 1.807) is 6.08 Å². The van der Waals surface area contributed by atoms with Crippen molar-refractivity contribution >= 4 is 19.7 Å². The molecule has 3 nitrogen and oxygen atoms in total. The van der Waals surface area contributed by atoms with Crippen LogP contribution in [-0.2, 0) is 9.05 Å². The van der Waals surface area contributed by atoms with Gasteiger partial charge in [-0.1, -0.05) is 6.58 Å². The number of benzene rings is 1. The highest BCUT2D eigenvalue weighted by Gasteiger charge is 2.08. The second-order valence-electron chi connectivity index (χ2n) is 2.63. The maximum Gasteiger partial charge on any atom is 0.261 e. The first-order chi connectivity index (χ1) is 7.04. The smallest absolute Gasteiger partial charge is 0.261 e. The molecule has 0 saturated heterocycles. The Morgan fingerprint density at radius 3 is 2.47 bits per heavy atom. The molecule has 1 aromatic rings. The van der Waals surface area contributed by atoms with E-state index in [1.807, 2.05) is 0 Å². The highest BCUT2D eigenvalue weighted by Crippen LogP contribution is 2.18. The SMILES string of the molecule is C=C=CCOc1ccc(S(=O)(=O)Cl)cc1. The average molecular weight is 245 g/mol. The van der Waals surface area contributed by atoms with Crippen molar-refractivity contribution in [1.82, 2.24) is 0 Å². The van der Waals surface area contributed by atoms with Crippen molar-refractivity contribution in [3.8, 4) is 5.75 Å². The van der Waals surface area contributed by atoms with E-state index in [1.165, 1.54) is 24.3 Å². The Hall–Kier alpha value is -1.22. The van der Waals surface area contributed by atoms with Gasteiger partial charge < -0.3 is 4.74 Å². The number of ether oxygens (including phenoxy) is 1. The molecule has 0 bridgehead atoms. The normalized spacial score (nSPS) is 10.5. The summed E-state index contributed by atoms with van der Waals surface area (Å²) in [6.45, 7) is 3.72. The van der Waals surface area contributed by atoms with E-state index in [0.29, 0.717) is 12.4 Å². The first kappa shape index (κ1) is 11.9. The van der Waals surface area contributed by atoms with E-state index in [2.05, 4.69) is 12.3 Å². The lowest BCUT2D eigenvalue weighted by Gasteiger charge is -2.02. The summed E-state index contributed by atoms with van der Waals surface area (Å²) in [6.07, 6.45) is 1.62. The van der Waals surface area contributed by atoms with Crippen LogP contribution in [0.5, 0.6) is 5.75 Å². The van der Waals surface area contributed by atoms with Gasteiger partial charge in [0.25, 0.3) is 9.05 Å². The van der Waals surface area contributed by atoms with Crippen LogP contribution in [0.3, 0.4) is 0 Å². The van der Waals surface area contributed by atoms with E-state index < -0.39 is 9.05 Å². The molecule has 0 radical (unpaired) electrons. The van der Waals surface area contributed by atoms with Crippen LogP contribution in [0.4, 0.5) is 0 Å². The lowest BCUT2D eigenvalue weighted by molar-refractivity contribution is 0.363. The highest BCUT2D eigenvalue weighted by molar-refractivity contribution is 8.13. The van der Waals surface area contributed by atoms with Gasteiger partial charge in [0, 0.05) is 10.7 Å². The summed E-state index contributed by atoms with van der Waals surface area (Å²) in [6, 6.07) is 5.84. The molecule has 0 aromatic heterocycles. The quantitative estimate of drug-likeness (QED) is 0.603. The molecule has 80 valence electrons. The van der Waals surface area contributed by atoms with Gasteiger partial charge in [-0.05, 0) is 30.3 Å². The molecular weight excluding hydrogens is 236 g/mol. The molecule has 0 aliphatic carbocycles. The predicted octanol–water partition coefficient (Wildman–Crippen LogP) is 2.33. The molecular formula is C10H9ClO3S. The third-order valence-corrected chi connectivity index (χ3v) is 2.95. The highest BCUT2D eigenvalue weighted by atomic mass is 35.7. The van der Waals surface area contributed by atoms with Crippen LogP contribution in [-0.4, -0.2) is 15.0 Å². The molecule has 0 heterocycles. The van der Waals surface area contributed by atoms with Gasteiger partial charge in [0.15, 0.2) is 0 Å². The molecule has 0 atom stereocenters. The van der Waals surface area contributed by atoms with Gasteiger partial charge in [0.1, 0.15) is 12.4 Å². The van der Waals surface area contributed by atoms with Gasteiger partial charge in [-0.15, -0.1) is 5.73 Å². The maximum atomic E-state index is 10.9. The minimum Gasteiger partial charge on any atom is -0.489 e. The summed E-state index contributed by atoms with van der Waals surface area (Å²) < 4.78 is 27.0. The van der Waals surface area contributed by atoms with E-state index in [9.17, 15) is 8.42 Å². The van der Waals surface area contributed by atoms with Crippen molar-refractivity contribution in [3.63, 3.8) is 0 Å². The largest absolute Gasteiger partial charge is 0.489 e. The number of rotatable bonds is 4. The lowest BCUT2D eigenvalue weighted by Crippen LogP contribution is -1.94. The van der Waals surface area contributed by atoms with Gasteiger partial charge in [-0.25, -0.2) is 8.42 Å². The van der Waals surface area contributed by atoms with Crippen LogP contribution in [0, 0.1) is 0 Å². The Morgan fingerprint density at radius 2 is 2.00 bits per heavy atom. The maximum absolute atomic E-state index is 10.9. The fourth-order valence-electron chi connectivity index (χ4n) is 0.895. The van der Waals surface area contributed by atoms with Gasteiger partial charge in [0.05, 0.1) is 4.90 Å². The Balaban J connectivity index is 2.77. The summed E-state index contributed by atoms with van der Waals surface area (Å²) >= 11 is 0. The zero-order chi connectivity index (χ0) is 11.3. The van der Waals surface area contributed by atoms with Crippen molar-refractivity contribution in [1.29, 1.82) is 0 Å². The number of hydrogen-bond acceptors (Lipinski definition) is 3. The Bertz CT molecular complexity index is 470. The summed E-state index contributed by atoms with van der Waals surface area (Å²) in [5, 5.41) is 0. The van der Waals surface area contributed by atoms with E-state index in [4.69, 9.17) is 15.4 Å². The summed E-state index contributed by atoms with van der Waals surface area (Å²) in [7, 11) is 1.49. The lowest BCUT2D eigenvalue weighted by atomic mass is 10.3. The van der Waals surface area contributed by atoms with Gasteiger partial charge in [0.2, 0.25) is 0 Å². The molecule has 0 aliphatic heterocycles. The van der Waals surface area contributed by atoms with Gasteiger partial charge in [-0.2, -0.15) is 0 Å². The van der Waals surface area contributed by atoms with Gasteiger partial charge in [-0.3, -0.25) is 0 Å². The van der Waals surface area contributed by atoms with Crippen LogP contribution in [0.25, 0.3) is 0 Å². The van der Waals surface area contributed by atoms with Crippen molar-refractivity contribution in [2.24, 2.45) is 0 Å². The van der Waals surface area contributed by atoms with Crippen LogP contribution >= 0.6 is 10.7 Å². The zero-order valence-electron chi connectivity index (χ0n) is 7.81.